The molecule has 1 aliphatic heterocycles. The van der Waals surface area contributed by atoms with Gasteiger partial charge in [-0.25, -0.2) is 0 Å². The minimum Gasteiger partial charge on any atom is -0.493 e. The molecule has 0 radical (unpaired) electrons. The molecule has 168 valence electrons. The number of hydrogen-bond donors (Lipinski definition) is 1. The van der Waals surface area contributed by atoms with E-state index in [1.54, 1.807) is 38.4 Å². The number of ether oxygens (including phenoxy) is 3. The fraction of sp³-hybridized carbons (Fsp3) is 0.478. The molecule has 2 atom stereocenters. The first-order chi connectivity index (χ1) is 15.0. The van der Waals surface area contributed by atoms with E-state index in [0.29, 0.717) is 36.9 Å². The van der Waals surface area contributed by atoms with Gasteiger partial charge < -0.3 is 28.8 Å². The fourth-order valence-corrected chi connectivity index (χ4v) is 3.96. The fourth-order valence-electron chi connectivity index (χ4n) is 3.96. The minimum absolute atomic E-state index is 0.0676. The molecule has 0 aliphatic carbocycles. The normalized spacial score (nSPS) is 18.0. The highest BCUT2D eigenvalue weighted by atomic mass is 16.5. The first-order valence-electron chi connectivity index (χ1n) is 10.4. The zero-order valence-corrected chi connectivity index (χ0v) is 18.5. The molecular weight excluding hydrogens is 400 g/mol. The maximum Gasteiger partial charge on any atom is 0.289 e. The van der Waals surface area contributed by atoms with Gasteiger partial charge in [0.25, 0.3) is 5.91 Å². The van der Waals surface area contributed by atoms with Crippen LogP contribution in [0.3, 0.4) is 0 Å². The van der Waals surface area contributed by atoms with Crippen LogP contribution in [0, 0.1) is 5.92 Å². The van der Waals surface area contributed by atoms with E-state index in [1.165, 1.54) is 6.26 Å². The van der Waals surface area contributed by atoms with Crippen molar-refractivity contribution in [3.05, 3.63) is 41.9 Å². The average molecular weight is 431 g/mol. The van der Waals surface area contributed by atoms with Gasteiger partial charge in [0.1, 0.15) is 0 Å². The van der Waals surface area contributed by atoms with Crippen molar-refractivity contribution in [1.29, 1.82) is 0 Å². The number of rotatable bonds is 9. The van der Waals surface area contributed by atoms with E-state index in [4.69, 9.17) is 18.6 Å². The Morgan fingerprint density at radius 3 is 2.39 bits per heavy atom. The summed E-state index contributed by atoms with van der Waals surface area (Å²) in [6, 6.07) is 7.00. The number of furan rings is 1. The molecule has 0 unspecified atom stereocenters. The number of methoxy groups -OCH3 is 3. The Hall–Kier alpha value is -3.16. The molecule has 2 heterocycles. The molecule has 8 heteroatoms. The lowest BCUT2D eigenvalue weighted by atomic mass is 9.88. The molecule has 0 saturated carbocycles. The quantitative estimate of drug-likeness (QED) is 0.615. The van der Waals surface area contributed by atoms with Gasteiger partial charge in [-0.15, -0.1) is 0 Å². The predicted octanol–water partition coefficient (Wildman–Crippen LogP) is 3.08. The van der Waals surface area contributed by atoms with Gasteiger partial charge in [0, 0.05) is 25.6 Å². The maximum absolute atomic E-state index is 13.0. The monoisotopic (exact) mass is 430 g/mol. The number of nitrogens with one attached hydrogen (secondary N) is 1. The summed E-state index contributed by atoms with van der Waals surface area (Å²) in [5.41, 5.74) is 0.847. The van der Waals surface area contributed by atoms with E-state index in [-0.39, 0.29) is 23.5 Å². The number of carbonyl (C=O) groups is 2. The number of hydrogen-bond acceptors (Lipinski definition) is 6. The molecule has 1 N–H and O–H groups in total. The highest BCUT2D eigenvalue weighted by molar-refractivity contribution is 5.92. The van der Waals surface area contributed by atoms with Crippen molar-refractivity contribution < 1.29 is 28.2 Å². The van der Waals surface area contributed by atoms with Crippen LogP contribution in [0.1, 0.15) is 41.8 Å². The molecule has 2 amide bonds. The summed E-state index contributed by atoms with van der Waals surface area (Å²) < 4.78 is 21.7. The number of amides is 2. The third-order valence-corrected chi connectivity index (χ3v) is 5.62. The Morgan fingerprint density at radius 1 is 1.13 bits per heavy atom. The summed E-state index contributed by atoms with van der Waals surface area (Å²) in [6.07, 6.45) is 3.36. The van der Waals surface area contributed by atoms with Crippen LogP contribution in [0.5, 0.6) is 17.2 Å². The average Bonchev–Trinajstić information content (AvgIpc) is 3.48. The molecule has 1 aliphatic rings. The van der Waals surface area contributed by atoms with E-state index in [1.807, 2.05) is 12.1 Å². The van der Waals surface area contributed by atoms with Crippen molar-refractivity contribution in [2.45, 2.75) is 25.7 Å². The third kappa shape index (κ3) is 4.78. The molecule has 1 aromatic heterocycles. The summed E-state index contributed by atoms with van der Waals surface area (Å²) in [5, 5.41) is 3.01. The van der Waals surface area contributed by atoms with Crippen LogP contribution >= 0.6 is 0 Å². The Labute approximate surface area is 182 Å². The summed E-state index contributed by atoms with van der Waals surface area (Å²) in [5.74, 6) is 0.839. The van der Waals surface area contributed by atoms with Crippen LogP contribution in [0.2, 0.25) is 0 Å². The number of benzene rings is 1. The predicted molar refractivity (Wildman–Crippen MR) is 115 cm³/mol. The summed E-state index contributed by atoms with van der Waals surface area (Å²) >= 11 is 0. The van der Waals surface area contributed by atoms with Crippen molar-refractivity contribution in [2.75, 3.05) is 41.0 Å². The van der Waals surface area contributed by atoms with Crippen molar-refractivity contribution in [2.24, 2.45) is 5.92 Å². The van der Waals surface area contributed by atoms with Crippen LogP contribution in [0.15, 0.2) is 34.9 Å². The lowest BCUT2D eigenvalue weighted by molar-refractivity contribution is -0.124. The Morgan fingerprint density at radius 2 is 1.84 bits per heavy atom. The number of carbonyl (C=O) groups excluding carboxylic acids is 2. The van der Waals surface area contributed by atoms with Crippen LogP contribution in [0.4, 0.5) is 0 Å². The van der Waals surface area contributed by atoms with E-state index < -0.39 is 5.92 Å². The van der Waals surface area contributed by atoms with Gasteiger partial charge in [-0.1, -0.05) is 13.3 Å². The number of nitrogens with zero attached hydrogens (tertiary/aromatic N) is 1. The smallest absolute Gasteiger partial charge is 0.289 e. The second kappa shape index (κ2) is 10.2. The molecular formula is C23H30N2O6. The standard InChI is InChI=1S/C23H30N2O6/c1-5-6-9-24-22(26)17-14-25(23(27)18-8-7-10-31-18)13-16(17)15-11-19(28-2)21(30-4)20(12-15)29-3/h7-8,10-12,16-17H,5-6,9,13-14H2,1-4H3,(H,24,26)/t16-,17+/m1/s1. The van der Waals surface area contributed by atoms with Gasteiger partial charge >= 0.3 is 0 Å². The van der Waals surface area contributed by atoms with Gasteiger partial charge in [-0.2, -0.15) is 0 Å². The summed E-state index contributed by atoms with van der Waals surface area (Å²) in [6.45, 7) is 3.37. The molecule has 8 nitrogen and oxygen atoms in total. The largest absolute Gasteiger partial charge is 0.493 e. The van der Waals surface area contributed by atoms with Gasteiger partial charge in [-0.3, -0.25) is 9.59 Å². The molecule has 2 aromatic rings. The van der Waals surface area contributed by atoms with E-state index >= 15 is 0 Å². The zero-order valence-electron chi connectivity index (χ0n) is 18.5. The summed E-state index contributed by atoms with van der Waals surface area (Å²) in [4.78, 5) is 27.6. The highest BCUT2D eigenvalue weighted by Crippen LogP contribution is 2.43. The second-order valence-corrected chi connectivity index (χ2v) is 7.50. The highest BCUT2D eigenvalue weighted by Gasteiger charge is 2.41. The molecule has 1 saturated heterocycles. The molecule has 3 rings (SSSR count). The topological polar surface area (TPSA) is 90.2 Å². The first-order valence-corrected chi connectivity index (χ1v) is 10.4. The Bertz CT molecular complexity index is 870. The first kappa shape index (κ1) is 22.5. The van der Waals surface area contributed by atoms with Gasteiger partial charge in [0.15, 0.2) is 17.3 Å². The van der Waals surface area contributed by atoms with E-state index in [0.717, 1.165) is 18.4 Å². The van der Waals surface area contributed by atoms with Crippen LogP contribution in [-0.2, 0) is 4.79 Å². The van der Waals surface area contributed by atoms with Gasteiger partial charge in [0.2, 0.25) is 11.7 Å². The van der Waals surface area contributed by atoms with Gasteiger partial charge in [0.05, 0.1) is 33.5 Å². The van der Waals surface area contributed by atoms with E-state index in [2.05, 4.69) is 12.2 Å². The second-order valence-electron chi connectivity index (χ2n) is 7.50. The van der Waals surface area contributed by atoms with Crippen LogP contribution in [-0.4, -0.2) is 57.7 Å². The number of unbranched alkanes of at least 4 members (excludes halogenated alkanes) is 1. The SMILES string of the molecule is CCCCNC(=O)[C@H]1CN(C(=O)c2ccco2)C[C@@H]1c1cc(OC)c(OC)c(OC)c1. The Kier molecular flexibility index (Phi) is 7.44. The zero-order chi connectivity index (χ0) is 22.4. The van der Waals surface area contributed by atoms with Crippen molar-refractivity contribution in [1.82, 2.24) is 10.2 Å². The third-order valence-electron chi connectivity index (χ3n) is 5.62. The van der Waals surface area contributed by atoms with E-state index in [9.17, 15) is 9.59 Å². The van der Waals surface area contributed by atoms with Crippen LogP contribution < -0.4 is 19.5 Å². The van der Waals surface area contributed by atoms with Crippen molar-refractivity contribution in [3.63, 3.8) is 0 Å². The van der Waals surface area contributed by atoms with Gasteiger partial charge in [-0.05, 0) is 36.2 Å². The van der Waals surface area contributed by atoms with Crippen molar-refractivity contribution in [3.8, 4) is 17.2 Å². The maximum atomic E-state index is 13.0. The summed E-state index contributed by atoms with van der Waals surface area (Å²) in [7, 11) is 4.65. The molecule has 0 spiro atoms. The molecule has 31 heavy (non-hydrogen) atoms. The molecule has 1 aromatic carbocycles. The lowest BCUT2D eigenvalue weighted by Crippen LogP contribution is -2.36. The minimum atomic E-state index is -0.404. The Balaban J connectivity index is 1.94. The van der Waals surface area contributed by atoms with Crippen LogP contribution in [0.25, 0.3) is 0 Å². The molecule has 0 bridgehead atoms. The van der Waals surface area contributed by atoms with Crippen molar-refractivity contribution >= 4 is 11.8 Å². The lowest BCUT2D eigenvalue weighted by Gasteiger charge is -2.21. The number of likely N-dealkylation sites (tertiary alicyclic amines) is 1. The molecule has 1 fully saturated rings.